The summed E-state index contributed by atoms with van der Waals surface area (Å²) in [5.74, 6) is -0.256. The molecule has 3 aromatic rings. The number of benzene rings is 1. The summed E-state index contributed by atoms with van der Waals surface area (Å²) in [5.41, 5.74) is 9.71. The van der Waals surface area contributed by atoms with E-state index in [2.05, 4.69) is 20.3 Å². The number of nitrogens with zero attached hydrogens (tertiary/aromatic N) is 5. The van der Waals surface area contributed by atoms with Crippen LogP contribution in [0, 0.1) is 19.7 Å². The van der Waals surface area contributed by atoms with Crippen molar-refractivity contribution in [2.24, 2.45) is 10.2 Å². The lowest BCUT2D eigenvalue weighted by atomic mass is 10.0. The molecule has 0 saturated carbocycles. The first-order valence-electron chi connectivity index (χ1n) is 6.73. The molecule has 2 aromatic heterocycles. The summed E-state index contributed by atoms with van der Waals surface area (Å²) in [6.07, 6.45) is 1.31. The second kappa shape index (κ2) is 5.18. The van der Waals surface area contributed by atoms with Crippen LogP contribution in [0.2, 0.25) is 0 Å². The minimum Gasteiger partial charge on any atom is -0.367 e. The van der Waals surface area contributed by atoms with Crippen molar-refractivity contribution in [1.29, 1.82) is 0 Å². The van der Waals surface area contributed by atoms with Crippen LogP contribution in [0.5, 0.6) is 0 Å². The molecule has 0 aliphatic heterocycles. The van der Waals surface area contributed by atoms with Crippen molar-refractivity contribution in [2.75, 3.05) is 12.8 Å². The maximum atomic E-state index is 14.4. The van der Waals surface area contributed by atoms with E-state index in [1.807, 2.05) is 25.1 Å². The first-order valence-corrected chi connectivity index (χ1v) is 6.73. The maximum Gasteiger partial charge on any atom is 0.238 e. The Morgan fingerprint density at radius 3 is 2.73 bits per heavy atom. The van der Waals surface area contributed by atoms with Gasteiger partial charge in [0, 0.05) is 12.6 Å². The fourth-order valence-corrected chi connectivity index (χ4v) is 2.55. The second-order valence-electron chi connectivity index (χ2n) is 5.00. The third-order valence-corrected chi connectivity index (χ3v) is 3.47. The molecule has 0 bridgehead atoms. The number of rotatable bonds is 2. The average Bonchev–Trinajstić information content (AvgIpc) is 2.77. The van der Waals surface area contributed by atoms with Gasteiger partial charge in [-0.25, -0.2) is 13.9 Å². The number of halogens is 1. The van der Waals surface area contributed by atoms with Gasteiger partial charge in [-0.05, 0) is 37.1 Å². The lowest BCUT2D eigenvalue weighted by molar-refractivity contribution is 0.628. The van der Waals surface area contributed by atoms with Crippen molar-refractivity contribution in [3.8, 4) is 11.1 Å². The molecule has 2 heterocycles. The van der Waals surface area contributed by atoms with Crippen LogP contribution in [-0.4, -0.2) is 21.6 Å². The highest BCUT2D eigenvalue weighted by molar-refractivity contribution is 5.84. The van der Waals surface area contributed by atoms with E-state index in [4.69, 9.17) is 5.73 Å². The van der Waals surface area contributed by atoms with Crippen molar-refractivity contribution < 1.29 is 4.39 Å². The molecule has 22 heavy (non-hydrogen) atoms. The van der Waals surface area contributed by atoms with E-state index in [0.717, 1.165) is 16.8 Å². The molecule has 0 aliphatic rings. The fraction of sp³-hybridized carbons (Fsp3) is 0.200. The van der Waals surface area contributed by atoms with E-state index in [9.17, 15) is 4.39 Å². The molecule has 0 radical (unpaired) electrons. The van der Waals surface area contributed by atoms with Gasteiger partial charge in [0.1, 0.15) is 0 Å². The summed E-state index contributed by atoms with van der Waals surface area (Å²) in [6, 6.07) is 5.50. The molecule has 0 spiro atoms. The monoisotopic (exact) mass is 298 g/mol. The summed E-state index contributed by atoms with van der Waals surface area (Å²) in [7, 11) is 1.61. The molecule has 0 aliphatic carbocycles. The Morgan fingerprint density at radius 1 is 1.27 bits per heavy atom. The van der Waals surface area contributed by atoms with Crippen LogP contribution in [-0.2, 0) is 0 Å². The number of hydrogen-bond donors (Lipinski definition) is 1. The SMILES string of the molecule is CN=Nc1ccc(-c2c(F)cn3nc(N)nc(C)c23)cc1C. The highest BCUT2D eigenvalue weighted by Crippen LogP contribution is 2.33. The Balaban J connectivity index is 2.26. The highest BCUT2D eigenvalue weighted by atomic mass is 19.1. The number of azo groups is 1. The van der Waals surface area contributed by atoms with Crippen molar-refractivity contribution in [3.63, 3.8) is 0 Å². The van der Waals surface area contributed by atoms with Crippen LogP contribution < -0.4 is 5.73 Å². The largest absolute Gasteiger partial charge is 0.367 e. The number of nitrogen functional groups attached to an aromatic ring is 1. The quantitative estimate of drug-likeness (QED) is 0.736. The molecule has 0 atom stereocenters. The number of nitrogens with two attached hydrogens (primary N) is 1. The zero-order chi connectivity index (χ0) is 15.9. The number of fused-ring (bicyclic) bond motifs is 1. The van der Waals surface area contributed by atoms with Crippen molar-refractivity contribution in [3.05, 3.63) is 41.5 Å². The Labute approximate surface area is 126 Å². The van der Waals surface area contributed by atoms with E-state index < -0.39 is 0 Å². The number of anilines is 1. The molecule has 0 saturated heterocycles. The van der Waals surface area contributed by atoms with E-state index in [-0.39, 0.29) is 11.8 Å². The van der Waals surface area contributed by atoms with Gasteiger partial charge in [0.2, 0.25) is 5.95 Å². The van der Waals surface area contributed by atoms with Crippen LogP contribution in [0.15, 0.2) is 34.6 Å². The normalized spacial score (nSPS) is 11.6. The zero-order valence-corrected chi connectivity index (χ0v) is 12.5. The van der Waals surface area contributed by atoms with Crippen molar-refractivity contribution >= 4 is 17.2 Å². The van der Waals surface area contributed by atoms with E-state index in [0.29, 0.717) is 16.8 Å². The van der Waals surface area contributed by atoms with Gasteiger partial charge in [-0.1, -0.05) is 6.07 Å². The summed E-state index contributed by atoms with van der Waals surface area (Å²) < 4.78 is 15.8. The molecule has 0 unspecified atom stereocenters. The molecule has 0 amide bonds. The van der Waals surface area contributed by atoms with Crippen LogP contribution >= 0.6 is 0 Å². The maximum absolute atomic E-state index is 14.4. The standard InChI is InChI=1S/C15H15FN6/c1-8-6-10(4-5-12(8)20-18-3)13-11(16)7-22-14(13)9(2)19-15(17)21-22/h4-7H,1-3H3,(H2,17,21). The third-order valence-electron chi connectivity index (χ3n) is 3.47. The molecule has 112 valence electrons. The van der Waals surface area contributed by atoms with Gasteiger partial charge in [-0.15, -0.1) is 5.10 Å². The first kappa shape index (κ1) is 14.1. The Bertz CT molecular complexity index is 897. The smallest absolute Gasteiger partial charge is 0.238 e. The van der Waals surface area contributed by atoms with Crippen molar-refractivity contribution in [2.45, 2.75) is 13.8 Å². The average molecular weight is 298 g/mol. The molecule has 6 nitrogen and oxygen atoms in total. The van der Waals surface area contributed by atoms with Gasteiger partial charge in [0.05, 0.1) is 23.1 Å². The summed E-state index contributed by atoms with van der Waals surface area (Å²) in [5, 5.41) is 11.8. The van der Waals surface area contributed by atoms with Crippen LogP contribution in [0.4, 0.5) is 16.0 Å². The molecule has 2 N–H and O–H groups in total. The van der Waals surface area contributed by atoms with Gasteiger partial charge >= 0.3 is 0 Å². The molecule has 7 heteroatoms. The molecule has 3 rings (SSSR count). The minimum absolute atomic E-state index is 0.112. The second-order valence-corrected chi connectivity index (χ2v) is 5.00. The lowest BCUT2D eigenvalue weighted by Gasteiger charge is -2.06. The molecule has 0 fully saturated rings. The Hall–Kier alpha value is -2.83. The number of hydrogen-bond acceptors (Lipinski definition) is 5. The summed E-state index contributed by atoms with van der Waals surface area (Å²) in [6.45, 7) is 3.69. The number of aromatic nitrogens is 3. The van der Waals surface area contributed by atoms with Crippen LogP contribution in [0.25, 0.3) is 16.6 Å². The third kappa shape index (κ3) is 2.20. The number of aryl methyl sites for hydroxylation is 2. The van der Waals surface area contributed by atoms with Crippen LogP contribution in [0.3, 0.4) is 0 Å². The predicted octanol–water partition coefficient (Wildman–Crippen LogP) is 3.45. The minimum atomic E-state index is -0.368. The van der Waals surface area contributed by atoms with Gasteiger partial charge < -0.3 is 5.73 Å². The first-order chi connectivity index (χ1) is 10.5. The van der Waals surface area contributed by atoms with E-state index >= 15 is 0 Å². The van der Waals surface area contributed by atoms with Gasteiger partial charge in [-0.2, -0.15) is 10.2 Å². The van der Waals surface area contributed by atoms with Crippen LogP contribution in [0.1, 0.15) is 11.3 Å². The highest BCUT2D eigenvalue weighted by Gasteiger charge is 2.17. The summed E-state index contributed by atoms with van der Waals surface area (Å²) in [4.78, 5) is 4.12. The van der Waals surface area contributed by atoms with Gasteiger partial charge in [0.15, 0.2) is 5.82 Å². The zero-order valence-electron chi connectivity index (χ0n) is 12.5. The van der Waals surface area contributed by atoms with Gasteiger partial charge in [-0.3, -0.25) is 0 Å². The summed E-state index contributed by atoms with van der Waals surface area (Å²) >= 11 is 0. The van der Waals surface area contributed by atoms with Gasteiger partial charge in [0.25, 0.3) is 0 Å². The molecular weight excluding hydrogens is 283 g/mol. The fourth-order valence-electron chi connectivity index (χ4n) is 2.55. The van der Waals surface area contributed by atoms with E-state index in [1.54, 1.807) is 14.0 Å². The van der Waals surface area contributed by atoms with E-state index in [1.165, 1.54) is 10.7 Å². The molecule has 1 aromatic carbocycles. The Morgan fingerprint density at radius 2 is 2.05 bits per heavy atom. The predicted molar refractivity (Wildman–Crippen MR) is 82.7 cm³/mol. The topological polar surface area (TPSA) is 80.9 Å². The molecular formula is C15H15FN6. The lowest BCUT2D eigenvalue weighted by Crippen LogP contribution is -2.02. The van der Waals surface area contributed by atoms with Crippen molar-refractivity contribution in [1.82, 2.24) is 14.6 Å². The Kier molecular flexibility index (Phi) is 3.32.